The number of amides is 1. The van der Waals surface area contributed by atoms with Crippen molar-refractivity contribution in [3.05, 3.63) is 59.2 Å². The number of anilines is 1. The summed E-state index contributed by atoms with van der Waals surface area (Å²) in [5.41, 5.74) is 3.36. The third kappa shape index (κ3) is 6.77. The fourth-order valence-electron chi connectivity index (χ4n) is 2.44. The molecule has 0 fully saturated rings. The predicted octanol–water partition coefficient (Wildman–Crippen LogP) is 4.67. The molecule has 2 aromatic carbocycles. The molecule has 2 rings (SSSR count). The Morgan fingerprint density at radius 3 is 2.37 bits per heavy atom. The van der Waals surface area contributed by atoms with Gasteiger partial charge in [0.2, 0.25) is 0 Å². The Morgan fingerprint density at radius 2 is 1.70 bits per heavy atom. The summed E-state index contributed by atoms with van der Waals surface area (Å²) < 4.78 is 10.7. The second kappa shape index (κ2) is 10.4. The van der Waals surface area contributed by atoms with E-state index < -0.39 is 0 Å². The van der Waals surface area contributed by atoms with Crippen LogP contribution in [-0.4, -0.2) is 25.1 Å². The average Bonchev–Trinajstić information content (AvgIpc) is 2.66. The van der Waals surface area contributed by atoms with E-state index in [0.29, 0.717) is 23.6 Å². The van der Waals surface area contributed by atoms with Crippen LogP contribution in [-0.2, 0) is 9.53 Å². The molecule has 0 aliphatic rings. The van der Waals surface area contributed by atoms with Gasteiger partial charge in [-0.05, 0) is 67.8 Å². The van der Waals surface area contributed by atoms with Gasteiger partial charge in [0.1, 0.15) is 5.75 Å². The number of ether oxygens (including phenoxy) is 2. The van der Waals surface area contributed by atoms with Crippen molar-refractivity contribution in [2.24, 2.45) is 0 Å². The molecule has 0 spiro atoms. The molecule has 0 aliphatic carbocycles. The Hall–Kier alpha value is -2.82. The van der Waals surface area contributed by atoms with Crippen LogP contribution in [0.3, 0.4) is 0 Å². The van der Waals surface area contributed by atoms with Crippen molar-refractivity contribution >= 4 is 17.6 Å². The maximum absolute atomic E-state index is 12.0. The standard InChI is InChI=1S/C22H27NO4/c1-4-5-6-13-26-22(25)18-8-10-19(11-9-18)23-21(24)15-27-20-12-7-16(2)17(3)14-20/h7-12,14H,4-6,13,15H2,1-3H3,(H,23,24). The highest BCUT2D eigenvalue weighted by molar-refractivity contribution is 5.93. The van der Waals surface area contributed by atoms with Crippen LogP contribution >= 0.6 is 0 Å². The van der Waals surface area contributed by atoms with Crippen LogP contribution in [0.1, 0.15) is 47.7 Å². The minimum Gasteiger partial charge on any atom is -0.484 e. The minimum atomic E-state index is -0.345. The summed E-state index contributed by atoms with van der Waals surface area (Å²) in [5.74, 6) is 0.0552. The third-order valence-electron chi connectivity index (χ3n) is 4.23. The number of hydrogen-bond acceptors (Lipinski definition) is 4. The molecule has 0 atom stereocenters. The van der Waals surface area contributed by atoms with Crippen LogP contribution in [0.4, 0.5) is 5.69 Å². The van der Waals surface area contributed by atoms with Crippen LogP contribution < -0.4 is 10.1 Å². The molecular weight excluding hydrogens is 342 g/mol. The molecule has 0 aliphatic heterocycles. The lowest BCUT2D eigenvalue weighted by atomic mass is 10.1. The molecule has 0 radical (unpaired) electrons. The number of unbranched alkanes of at least 4 members (excludes halogenated alkanes) is 2. The van der Waals surface area contributed by atoms with E-state index in [-0.39, 0.29) is 18.5 Å². The number of benzene rings is 2. The molecule has 1 amide bonds. The Kier molecular flexibility index (Phi) is 7.86. The van der Waals surface area contributed by atoms with E-state index in [1.165, 1.54) is 5.56 Å². The molecule has 0 saturated carbocycles. The second-order valence-corrected chi connectivity index (χ2v) is 6.50. The van der Waals surface area contributed by atoms with E-state index in [2.05, 4.69) is 12.2 Å². The Balaban J connectivity index is 1.80. The number of esters is 1. The van der Waals surface area contributed by atoms with Crippen LogP contribution in [0, 0.1) is 13.8 Å². The summed E-state index contributed by atoms with van der Waals surface area (Å²) in [7, 11) is 0. The quantitative estimate of drug-likeness (QED) is 0.515. The highest BCUT2D eigenvalue weighted by Gasteiger charge is 2.08. The summed E-state index contributed by atoms with van der Waals surface area (Å²) in [6.45, 7) is 6.47. The maximum atomic E-state index is 12.0. The van der Waals surface area contributed by atoms with E-state index in [9.17, 15) is 9.59 Å². The topological polar surface area (TPSA) is 64.6 Å². The van der Waals surface area contributed by atoms with Crippen molar-refractivity contribution in [1.29, 1.82) is 0 Å². The lowest BCUT2D eigenvalue weighted by Gasteiger charge is -2.09. The molecular formula is C22H27NO4. The van der Waals surface area contributed by atoms with Gasteiger partial charge in [-0.1, -0.05) is 25.8 Å². The van der Waals surface area contributed by atoms with Gasteiger partial charge in [-0.25, -0.2) is 4.79 Å². The smallest absolute Gasteiger partial charge is 0.338 e. The van der Waals surface area contributed by atoms with Crippen molar-refractivity contribution < 1.29 is 19.1 Å². The number of nitrogens with one attached hydrogen (secondary N) is 1. The number of carbonyl (C=O) groups is 2. The van der Waals surface area contributed by atoms with Crippen molar-refractivity contribution in [2.45, 2.75) is 40.0 Å². The number of hydrogen-bond donors (Lipinski definition) is 1. The van der Waals surface area contributed by atoms with E-state index in [0.717, 1.165) is 24.8 Å². The summed E-state index contributed by atoms with van der Waals surface area (Å²) >= 11 is 0. The number of rotatable bonds is 9. The Morgan fingerprint density at radius 1 is 0.963 bits per heavy atom. The van der Waals surface area contributed by atoms with Gasteiger partial charge >= 0.3 is 5.97 Å². The van der Waals surface area contributed by atoms with Gasteiger partial charge in [0.25, 0.3) is 5.91 Å². The van der Waals surface area contributed by atoms with Gasteiger partial charge < -0.3 is 14.8 Å². The lowest BCUT2D eigenvalue weighted by molar-refractivity contribution is -0.118. The predicted molar refractivity (Wildman–Crippen MR) is 106 cm³/mol. The van der Waals surface area contributed by atoms with Gasteiger partial charge in [-0.2, -0.15) is 0 Å². The lowest BCUT2D eigenvalue weighted by Crippen LogP contribution is -2.20. The van der Waals surface area contributed by atoms with Crippen LogP contribution in [0.25, 0.3) is 0 Å². The van der Waals surface area contributed by atoms with Crippen molar-refractivity contribution in [3.63, 3.8) is 0 Å². The summed E-state index contributed by atoms with van der Waals surface area (Å²) in [4.78, 5) is 24.0. The zero-order valence-corrected chi connectivity index (χ0v) is 16.2. The molecule has 0 bridgehead atoms. The van der Waals surface area contributed by atoms with Gasteiger partial charge in [0.15, 0.2) is 6.61 Å². The molecule has 1 N–H and O–H groups in total. The minimum absolute atomic E-state index is 0.0796. The molecule has 0 aromatic heterocycles. The highest BCUT2D eigenvalue weighted by Crippen LogP contribution is 2.16. The van der Waals surface area contributed by atoms with Crippen LogP contribution in [0.2, 0.25) is 0 Å². The van der Waals surface area contributed by atoms with Gasteiger partial charge in [0.05, 0.1) is 12.2 Å². The first-order chi connectivity index (χ1) is 13.0. The zero-order chi connectivity index (χ0) is 19.6. The summed E-state index contributed by atoms with van der Waals surface area (Å²) in [6, 6.07) is 12.3. The molecule has 0 saturated heterocycles. The second-order valence-electron chi connectivity index (χ2n) is 6.50. The zero-order valence-electron chi connectivity index (χ0n) is 16.2. The molecule has 5 heteroatoms. The first kappa shape index (κ1) is 20.5. The normalized spacial score (nSPS) is 10.3. The van der Waals surface area contributed by atoms with Gasteiger partial charge in [-0.15, -0.1) is 0 Å². The molecule has 144 valence electrons. The molecule has 2 aromatic rings. The van der Waals surface area contributed by atoms with Gasteiger partial charge in [0, 0.05) is 5.69 Å². The third-order valence-corrected chi connectivity index (χ3v) is 4.23. The van der Waals surface area contributed by atoms with Crippen LogP contribution in [0.5, 0.6) is 5.75 Å². The van der Waals surface area contributed by atoms with Crippen molar-refractivity contribution in [2.75, 3.05) is 18.5 Å². The molecule has 27 heavy (non-hydrogen) atoms. The highest BCUT2D eigenvalue weighted by atomic mass is 16.5. The molecule has 0 unspecified atom stereocenters. The molecule has 0 heterocycles. The summed E-state index contributed by atoms with van der Waals surface area (Å²) in [6.07, 6.45) is 3.00. The molecule has 5 nitrogen and oxygen atoms in total. The maximum Gasteiger partial charge on any atom is 0.338 e. The van der Waals surface area contributed by atoms with Crippen molar-refractivity contribution in [1.82, 2.24) is 0 Å². The van der Waals surface area contributed by atoms with Crippen LogP contribution in [0.15, 0.2) is 42.5 Å². The number of carbonyl (C=O) groups excluding carboxylic acids is 2. The SMILES string of the molecule is CCCCCOC(=O)c1ccc(NC(=O)COc2ccc(C)c(C)c2)cc1. The van der Waals surface area contributed by atoms with E-state index in [4.69, 9.17) is 9.47 Å². The van der Waals surface area contributed by atoms with Gasteiger partial charge in [-0.3, -0.25) is 4.79 Å². The number of aryl methyl sites for hydroxylation is 2. The van der Waals surface area contributed by atoms with E-state index >= 15 is 0 Å². The largest absolute Gasteiger partial charge is 0.484 e. The monoisotopic (exact) mass is 369 g/mol. The first-order valence-electron chi connectivity index (χ1n) is 9.26. The first-order valence-corrected chi connectivity index (χ1v) is 9.26. The Bertz CT molecular complexity index is 768. The van der Waals surface area contributed by atoms with Crippen molar-refractivity contribution in [3.8, 4) is 5.75 Å². The Labute approximate surface area is 160 Å². The fourth-order valence-corrected chi connectivity index (χ4v) is 2.44. The average molecular weight is 369 g/mol. The summed E-state index contributed by atoms with van der Waals surface area (Å²) in [5, 5.41) is 2.75. The van der Waals surface area contributed by atoms with E-state index in [1.807, 2.05) is 32.0 Å². The fraction of sp³-hybridized carbons (Fsp3) is 0.364. The van der Waals surface area contributed by atoms with E-state index in [1.54, 1.807) is 24.3 Å².